The van der Waals surface area contributed by atoms with Crippen molar-refractivity contribution in [3.8, 4) is 0 Å². The maximum Gasteiger partial charge on any atom is 0.172 e. The van der Waals surface area contributed by atoms with E-state index in [1.165, 1.54) is 0 Å². The van der Waals surface area contributed by atoms with Crippen LogP contribution in [0.5, 0.6) is 0 Å². The molecule has 0 amide bonds. The van der Waals surface area contributed by atoms with Crippen molar-refractivity contribution in [3.63, 3.8) is 0 Å². The van der Waals surface area contributed by atoms with Gasteiger partial charge in [-0.1, -0.05) is 11.6 Å². The molecule has 0 aliphatic rings. The third-order valence-corrected chi connectivity index (χ3v) is 3.59. The Hall–Kier alpha value is -1.62. The highest BCUT2D eigenvalue weighted by atomic mass is 35.5. The third kappa shape index (κ3) is 2.56. The van der Waals surface area contributed by atoms with Crippen molar-refractivity contribution in [3.05, 3.63) is 33.9 Å². The molecule has 0 saturated heterocycles. The molecule has 6 heteroatoms. The minimum atomic E-state index is 0.0158. The Morgan fingerprint density at radius 3 is 2.53 bits per heavy atom. The largest absolute Gasteiger partial charge is 0.294 e. The zero-order valence-electron chi connectivity index (χ0n) is 11.6. The summed E-state index contributed by atoms with van der Waals surface area (Å²) in [6, 6.07) is 0. The lowest BCUT2D eigenvalue weighted by molar-refractivity contribution is 0.0990. The zero-order chi connectivity index (χ0) is 14.2. The topological polar surface area (TPSA) is 52.7 Å². The number of hydrogen-bond donors (Lipinski definition) is 0. The van der Waals surface area contributed by atoms with Gasteiger partial charge in [0.25, 0.3) is 0 Å². The van der Waals surface area contributed by atoms with E-state index in [-0.39, 0.29) is 12.2 Å². The molecule has 2 aromatic rings. The molecular weight excluding hydrogens is 264 g/mol. The fourth-order valence-electron chi connectivity index (χ4n) is 2.16. The number of halogens is 1. The van der Waals surface area contributed by atoms with E-state index in [0.717, 1.165) is 17.1 Å². The maximum absolute atomic E-state index is 12.3. The molecule has 2 aromatic heterocycles. The summed E-state index contributed by atoms with van der Waals surface area (Å²) in [5, 5.41) is 9.08. The normalized spacial score (nSPS) is 11.0. The summed E-state index contributed by atoms with van der Waals surface area (Å²) in [5.74, 6) is 0.0158. The molecule has 5 nitrogen and oxygen atoms in total. The highest BCUT2D eigenvalue weighted by molar-refractivity contribution is 6.32. The first kappa shape index (κ1) is 13.8. The highest BCUT2D eigenvalue weighted by Crippen LogP contribution is 2.22. The number of rotatable bonds is 4. The van der Waals surface area contributed by atoms with Crippen molar-refractivity contribution in [2.75, 3.05) is 0 Å². The smallest absolute Gasteiger partial charge is 0.172 e. The van der Waals surface area contributed by atoms with Gasteiger partial charge >= 0.3 is 0 Å². The Balaban J connectivity index is 2.31. The first-order valence-electron chi connectivity index (χ1n) is 6.19. The number of hydrogen-bond acceptors (Lipinski definition) is 3. The maximum atomic E-state index is 12.3. The summed E-state index contributed by atoms with van der Waals surface area (Å²) in [4.78, 5) is 12.3. The summed E-state index contributed by atoms with van der Waals surface area (Å²) < 4.78 is 3.42. The van der Waals surface area contributed by atoms with Crippen molar-refractivity contribution in [2.45, 2.75) is 33.7 Å². The molecule has 0 N–H and O–H groups in total. The van der Waals surface area contributed by atoms with Crippen LogP contribution in [0.4, 0.5) is 0 Å². The van der Waals surface area contributed by atoms with Gasteiger partial charge in [-0.15, -0.1) is 0 Å². The fraction of sp³-hybridized carbons (Fsp3) is 0.462. The molecule has 0 aromatic carbocycles. The number of nitrogens with zero attached hydrogens (tertiary/aromatic N) is 4. The van der Waals surface area contributed by atoms with E-state index in [1.54, 1.807) is 22.6 Å². The summed E-state index contributed by atoms with van der Waals surface area (Å²) in [6.07, 6.45) is 1.99. The van der Waals surface area contributed by atoms with E-state index in [4.69, 9.17) is 11.6 Å². The van der Waals surface area contributed by atoms with Gasteiger partial charge in [0.2, 0.25) is 0 Å². The number of aromatic nitrogens is 4. The monoisotopic (exact) mass is 280 g/mol. The highest BCUT2D eigenvalue weighted by Gasteiger charge is 2.19. The number of carbonyl (C=O) groups is 1. The second-order valence-corrected chi connectivity index (χ2v) is 4.94. The minimum absolute atomic E-state index is 0.0158. The molecule has 0 radical (unpaired) electrons. The third-order valence-electron chi connectivity index (χ3n) is 3.09. The second kappa shape index (κ2) is 5.17. The molecule has 2 rings (SSSR count). The Kier molecular flexibility index (Phi) is 3.75. The van der Waals surface area contributed by atoms with Crippen LogP contribution in [0.1, 0.15) is 34.4 Å². The summed E-state index contributed by atoms with van der Waals surface area (Å²) in [7, 11) is 1.80. The summed E-state index contributed by atoms with van der Waals surface area (Å²) in [5.41, 5.74) is 2.91. The van der Waals surface area contributed by atoms with Crippen molar-refractivity contribution < 1.29 is 4.79 Å². The van der Waals surface area contributed by atoms with Crippen LogP contribution in [-0.4, -0.2) is 25.3 Å². The fourth-order valence-corrected chi connectivity index (χ4v) is 2.36. The molecule has 102 valence electrons. The zero-order valence-corrected chi connectivity index (χ0v) is 12.3. The van der Waals surface area contributed by atoms with E-state index in [1.807, 2.05) is 20.8 Å². The van der Waals surface area contributed by atoms with E-state index in [9.17, 15) is 4.79 Å². The first-order chi connectivity index (χ1) is 8.93. The number of carbonyl (C=O) groups excluding carboxylic acids is 1. The molecule has 0 aliphatic carbocycles. The molecule has 0 atom stereocenters. The van der Waals surface area contributed by atoms with Crippen molar-refractivity contribution >= 4 is 17.4 Å². The number of ketones is 1. The van der Waals surface area contributed by atoms with E-state index in [0.29, 0.717) is 17.1 Å². The van der Waals surface area contributed by atoms with Gasteiger partial charge in [0.1, 0.15) is 0 Å². The predicted octanol–water partition coefficient (Wildman–Crippen LogP) is 2.33. The average molecular weight is 281 g/mol. The van der Waals surface area contributed by atoms with Gasteiger partial charge in [-0.25, -0.2) is 0 Å². The minimum Gasteiger partial charge on any atom is -0.294 e. The summed E-state index contributed by atoms with van der Waals surface area (Å²) in [6.45, 7) is 6.35. The van der Waals surface area contributed by atoms with Crippen molar-refractivity contribution in [1.29, 1.82) is 0 Å². The van der Waals surface area contributed by atoms with Crippen LogP contribution in [-0.2, 0) is 20.0 Å². The molecule has 0 aliphatic heterocycles. The average Bonchev–Trinajstić information content (AvgIpc) is 2.83. The molecular formula is C13H17ClN4O. The predicted molar refractivity (Wildman–Crippen MR) is 73.6 cm³/mol. The molecule has 0 fully saturated rings. The van der Waals surface area contributed by atoms with Crippen LogP contribution in [0.2, 0.25) is 5.02 Å². The SMILES string of the molecule is CCn1nc(C)c(Cl)c1CC(=O)c1cn(C)nc1C. The lowest BCUT2D eigenvalue weighted by Gasteiger charge is -2.04. The molecule has 0 bridgehead atoms. The summed E-state index contributed by atoms with van der Waals surface area (Å²) >= 11 is 6.21. The molecule has 2 heterocycles. The lowest BCUT2D eigenvalue weighted by atomic mass is 10.1. The molecule has 0 saturated carbocycles. The molecule has 0 unspecified atom stereocenters. The Labute approximate surface area is 117 Å². The van der Waals surface area contributed by atoms with Gasteiger partial charge in [-0.05, 0) is 20.8 Å². The van der Waals surface area contributed by atoms with Gasteiger partial charge in [-0.2, -0.15) is 10.2 Å². The van der Waals surface area contributed by atoms with E-state index in [2.05, 4.69) is 10.2 Å². The number of aryl methyl sites for hydroxylation is 4. The van der Waals surface area contributed by atoms with Crippen LogP contribution < -0.4 is 0 Å². The van der Waals surface area contributed by atoms with Crippen molar-refractivity contribution in [1.82, 2.24) is 19.6 Å². The quantitative estimate of drug-likeness (QED) is 0.808. The Morgan fingerprint density at radius 1 is 1.32 bits per heavy atom. The second-order valence-electron chi connectivity index (χ2n) is 4.56. The number of Topliss-reactive ketones (excluding diaryl/α,β-unsaturated/α-hetero) is 1. The van der Waals surface area contributed by atoms with E-state index < -0.39 is 0 Å². The van der Waals surface area contributed by atoms with Gasteiger partial charge in [0, 0.05) is 19.8 Å². The molecule has 0 spiro atoms. The lowest BCUT2D eigenvalue weighted by Crippen LogP contribution is -2.10. The van der Waals surface area contributed by atoms with Crippen LogP contribution >= 0.6 is 11.6 Å². The Bertz CT molecular complexity index is 627. The van der Waals surface area contributed by atoms with Crippen LogP contribution in [0, 0.1) is 13.8 Å². The standard InChI is InChI=1S/C13H17ClN4O/c1-5-18-11(13(14)9(3)16-18)6-12(19)10-7-17(4)15-8(10)2/h7H,5-6H2,1-4H3. The van der Waals surface area contributed by atoms with Gasteiger partial charge in [0.05, 0.1) is 34.1 Å². The first-order valence-corrected chi connectivity index (χ1v) is 6.57. The Morgan fingerprint density at radius 2 is 2.00 bits per heavy atom. The van der Waals surface area contributed by atoms with Gasteiger partial charge in [-0.3, -0.25) is 14.2 Å². The van der Waals surface area contributed by atoms with Crippen LogP contribution in [0.3, 0.4) is 0 Å². The van der Waals surface area contributed by atoms with Crippen LogP contribution in [0.25, 0.3) is 0 Å². The van der Waals surface area contributed by atoms with Gasteiger partial charge in [0.15, 0.2) is 5.78 Å². The van der Waals surface area contributed by atoms with Crippen LogP contribution in [0.15, 0.2) is 6.20 Å². The van der Waals surface area contributed by atoms with Crippen molar-refractivity contribution in [2.24, 2.45) is 7.05 Å². The van der Waals surface area contributed by atoms with Gasteiger partial charge < -0.3 is 0 Å². The van der Waals surface area contributed by atoms with E-state index >= 15 is 0 Å². The molecule has 19 heavy (non-hydrogen) atoms.